The Bertz CT molecular complexity index is 817. The molecule has 0 aromatic heterocycles. The molecule has 2 aromatic rings. The lowest BCUT2D eigenvalue weighted by Gasteiger charge is -2.13. The van der Waals surface area contributed by atoms with Gasteiger partial charge in [-0.1, -0.05) is 13.0 Å². The van der Waals surface area contributed by atoms with Gasteiger partial charge in [0.15, 0.2) is 0 Å². The Labute approximate surface area is 141 Å². The Morgan fingerprint density at radius 2 is 1.88 bits per heavy atom. The minimum absolute atomic E-state index is 0.00977. The summed E-state index contributed by atoms with van der Waals surface area (Å²) in [5, 5.41) is 7.74. The van der Waals surface area contributed by atoms with Crippen molar-refractivity contribution < 1.29 is 17.9 Å². The highest BCUT2D eigenvalue weighted by molar-refractivity contribution is 7.89. The number of amides is 1. The number of carbonyl (C=O) groups excluding carboxylic acids is 1. The highest BCUT2D eigenvalue weighted by Crippen LogP contribution is 2.18. The second-order valence-corrected chi connectivity index (χ2v) is 6.95. The highest BCUT2D eigenvalue weighted by Gasteiger charge is 2.10. The molecule has 2 aromatic carbocycles. The molecule has 1 amide bonds. The van der Waals surface area contributed by atoms with Crippen LogP contribution < -0.4 is 15.2 Å². The normalized spacial score (nSPS) is 12.5. The van der Waals surface area contributed by atoms with Crippen LogP contribution in [0.25, 0.3) is 0 Å². The van der Waals surface area contributed by atoms with Crippen molar-refractivity contribution in [2.24, 2.45) is 5.14 Å². The average molecular weight is 348 g/mol. The first-order chi connectivity index (χ1) is 11.3. The van der Waals surface area contributed by atoms with Gasteiger partial charge in [0.2, 0.25) is 10.0 Å². The maximum atomic E-state index is 12.3. The molecule has 0 unspecified atom stereocenters. The van der Waals surface area contributed by atoms with E-state index in [4.69, 9.17) is 9.88 Å². The van der Waals surface area contributed by atoms with E-state index in [1.807, 2.05) is 13.8 Å². The van der Waals surface area contributed by atoms with E-state index in [2.05, 4.69) is 5.32 Å². The van der Waals surface area contributed by atoms with Gasteiger partial charge in [-0.15, -0.1) is 0 Å². The lowest BCUT2D eigenvalue weighted by Crippen LogP contribution is -2.14. The maximum Gasteiger partial charge on any atom is 0.255 e. The van der Waals surface area contributed by atoms with Gasteiger partial charge in [-0.05, 0) is 55.8 Å². The molecule has 0 radical (unpaired) electrons. The molecule has 2 rings (SSSR count). The molecular formula is C17H20N2O4S. The van der Waals surface area contributed by atoms with E-state index >= 15 is 0 Å². The van der Waals surface area contributed by atoms with Crippen LogP contribution >= 0.6 is 0 Å². The molecule has 24 heavy (non-hydrogen) atoms. The average Bonchev–Trinajstić information content (AvgIpc) is 2.54. The van der Waals surface area contributed by atoms with Gasteiger partial charge >= 0.3 is 0 Å². The van der Waals surface area contributed by atoms with E-state index in [1.54, 1.807) is 24.3 Å². The number of nitrogens with two attached hydrogens (primary N) is 1. The Balaban J connectivity index is 2.11. The molecule has 0 aliphatic rings. The molecule has 0 fully saturated rings. The van der Waals surface area contributed by atoms with Crippen LogP contribution in [0.3, 0.4) is 0 Å². The van der Waals surface area contributed by atoms with Crippen molar-refractivity contribution in [2.45, 2.75) is 31.3 Å². The molecule has 128 valence electrons. The number of nitrogens with one attached hydrogen (secondary N) is 1. The summed E-state index contributed by atoms with van der Waals surface area (Å²) in [6.07, 6.45) is 0.932. The number of primary sulfonamides is 1. The first-order valence-electron chi connectivity index (χ1n) is 7.50. The number of rotatable bonds is 6. The second kappa shape index (κ2) is 7.46. The summed E-state index contributed by atoms with van der Waals surface area (Å²) < 4.78 is 28.1. The zero-order valence-electron chi connectivity index (χ0n) is 13.5. The molecule has 3 N–H and O–H groups in total. The van der Waals surface area contributed by atoms with E-state index in [1.165, 1.54) is 24.3 Å². The monoisotopic (exact) mass is 348 g/mol. The standard InChI is InChI=1S/C17H20N2O4S/c1-3-12(2)23-15-6-4-5-13(11-15)17(20)19-14-7-9-16(10-8-14)24(18,21)22/h4-12H,3H2,1-2H3,(H,19,20)(H2,18,21,22)/t12-/m1/s1. The topological polar surface area (TPSA) is 98.5 Å². The number of benzene rings is 2. The number of carbonyl (C=O) groups is 1. The fourth-order valence-electron chi connectivity index (χ4n) is 1.96. The van der Waals surface area contributed by atoms with Gasteiger partial charge in [-0.25, -0.2) is 13.6 Å². The van der Waals surface area contributed by atoms with Crippen molar-refractivity contribution >= 4 is 21.6 Å². The predicted molar refractivity (Wildman–Crippen MR) is 92.6 cm³/mol. The Morgan fingerprint density at radius 3 is 2.46 bits per heavy atom. The number of sulfonamides is 1. The van der Waals surface area contributed by atoms with Crippen molar-refractivity contribution in [3.63, 3.8) is 0 Å². The Hall–Kier alpha value is -2.38. The molecule has 0 saturated carbocycles. The lowest BCUT2D eigenvalue weighted by molar-refractivity contribution is 0.102. The van der Waals surface area contributed by atoms with E-state index in [9.17, 15) is 13.2 Å². The molecule has 0 heterocycles. The number of ether oxygens (including phenoxy) is 1. The maximum absolute atomic E-state index is 12.3. The molecule has 0 bridgehead atoms. The third kappa shape index (κ3) is 4.81. The first kappa shape index (κ1) is 18.0. The van der Waals surface area contributed by atoms with Crippen molar-refractivity contribution in [2.75, 3.05) is 5.32 Å². The smallest absolute Gasteiger partial charge is 0.255 e. The summed E-state index contributed by atoms with van der Waals surface area (Å²) in [7, 11) is -3.75. The fourth-order valence-corrected chi connectivity index (χ4v) is 2.47. The number of hydrogen-bond acceptors (Lipinski definition) is 4. The molecule has 6 nitrogen and oxygen atoms in total. The van der Waals surface area contributed by atoms with Crippen molar-refractivity contribution in [3.8, 4) is 5.75 Å². The summed E-state index contributed by atoms with van der Waals surface area (Å²) in [6, 6.07) is 12.5. The summed E-state index contributed by atoms with van der Waals surface area (Å²) in [4.78, 5) is 12.3. The van der Waals surface area contributed by atoms with Gasteiger partial charge in [0, 0.05) is 11.3 Å². The van der Waals surface area contributed by atoms with E-state index in [0.717, 1.165) is 6.42 Å². The molecular weight excluding hydrogens is 328 g/mol. The summed E-state index contributed by atoms with van der Waals surface area (Å²) in [6.45, 7) is 3.98. The zero-order valence-corrected chi connectivity index (χ0v) is 14.3. The van der Waals surface area contributed by atoms with Crippen LogP contribution in [0, 0.1) is 0 Å². The molecule has 0 aliphatic heterocycles. The minimum Gasteiger partial charge on any atom is -0.491 e. The Morgan fingerprint density at radius 1 is 1.21 bits per heavy atom. The van der Waals surface area contributed by atoms with Gasteiger partial charge in [0.05, 0.1) is 11.0 Å². The van der Waals surface area contributed by atoms with E-state index in [0.29, 0.717) is 17.0 Å². The van der Waals surface area contributed by atoms with Crippen LogP contribution in [0.4, 0.5) is 5.69 Å². The largest absolute Gasteiger partial charge is 0.491 e. The SMILES string of the molecule is CC[C@@H](C)Oc1cccc(C(=O)Nc2ccc(S(N)(=O)=O)cc2)c1. The van der Waals surface area contributed by atoms with Crippen LogP contribution in [-0.2, 0) is 10.0 Å². The van der Waals surface area contributed by atoms with E-state index < -0.39 is 10.0 Å². The number of anilines is 1. The summed E-state index contributed by atoms with van der Waals surface area (Å²) in [5.41, 5.74) is 0.923. The lowest BCUT2D eigenvalue weighted by atomic mass is 10.2. The second-order valence-electron chi connectivity index (χ2n) is 5.39. The quantitative estimate of drug-likeness (QED) is 0.838. The summed E-state index contributed by atoms with van der Waals surface area (Å²) >= 11 is 0. The van der Waals surface area contributed by atoms with Crippen LogP contribution in [0.5, 0.6) is 5.75 Å². The Kier molecular flexibility index (Phi) is 5.58. The van der Waals surface area contributed by atoms with Gasteiger partial charge in [-0.3, -0.25) is 4.79 Å². The molecule has 0 spiro atoms. The number of hydrogen-bond donors (Lipinski definition) is 2. The third-order valence-electron chi connectivity index (χ3n) is 3.45. The van der Waals surface area contributed by atoms with Crippen LogP contribution in [-0.4, -0.2) is 20.4 Å². The highest BCUT2D eigenvalue weighted by atomic mass is 32.2. The van der Waals surface area contributed by atoms with Crippen molar-refractivity contribution in [1.82, 2.24) is 0 Å². The van der Waals surface area contributed by atoms with Crippen LogP contribution in [0.2, 0.25) is 0 Å². The molecule has 0 saturated heterocycles. The molecule has 7 heteroatoms. The van der Waals surface area contributed by atoms with Gasteiger partial charge < -0.3 is 10.1 Å². The fraction of sp³-hybridized carbons (Fsp3) is 0.235. The van der Waals surface area contributed by atoms with Crippen LogP contribution in [0.15, 0.2) is 53.4 Å². The van der Waals surface area contributed by atoms with Gasteiger partial charge in [-0.2, -0.15) is 0 Å². The van der Waals surface area contributed by atoms with Crippen molar-refractivity contribution in [1.29, 1.82) is 0 Å². The first-order valence-corrected chi connectivity index (χ1v) is 9.05. The molecule has 1 atom stereocenters. The summed E-state index contributed by atoms with van der Waals surface area (Å²) in [5.74, 6) is 0.314. The van der Waals surface area contributed by atoms with Crippen LogP contribution in [0.1, 0.15) is 30.6 Å². The third-order valence-corrected chi connectivity index (χ3v) is 4.38. The zero-order chi connectivity index (χ0) is 17.7. The predicted octanol–water partition coefficient (Wildman–Crippen LogP) is 2.76. The van der Waals surface area contributed by atoms with Gasteiger partial charge in [0.1, 0.15) is 5.75 Å². The van der Waals surface area contributed by atoms with Gasteiger partial charge in [0.25, 0.3) is 5.91 Å². The van der Waals surface area contributed by atoms with E-state index in [-0.39, 0.29) is 16.9 Å². The van der Waals surface area contributed by atoms with Crippen molar-refractivity contribution in [3.05, 3.63) is 54.1 Å². The molecule has 0 aliphatic carbocycles. The minimum atomic E-state index is -3.75.